The van der Waals surface area contributed by atoms with Crippen LogP contribution in [0.3, 0.4) is 0 Å². The molecule has 0 bridgehead atoms. The summed E-state index contributed by atoms with van der Waals surface area (Å²) in [6.07, 6.45) is 9.85. The molecule has 4 saturated carbocycles. The lowest BCUT2D eigenvalue weighted by molar-refractivity contribution is -0.165. The van der Waals surface area contributed by atoms with Crippen molar-refractivity contribution in [3.8, 4) is 5.75 Å². The molecule has 4 fully saturated rings. The molecule has 2 aromatic carbocycles. The number of carbonyl (C=O) groups excluding carboxylic acids is 2. The summed E-state index contributed by atoms with van der Waals surface area (Å²) in [6, 6.07) is 14.9. The van der Waals surface area contributed by atoms with E-state index in [4.69, 9.17) is 4.74 Å². The molecule has 5 aliphatic rings. The first-order valence-corrected chi connectivity index (χ1v) is 16.2. The number of hydrogen-bond donors (Lipinski definition) is 2. The minimum Gasteiger partial charge on any atom is -0.494 e. The Kier molecular flexibility index (Phi) is 6.82. The Morgan fingerprint density at radius 3 is 2.36 bits per heavy atom. The first kappa shape index (κ1) is 28.1. The monoisotopic (exact) mass is 571 g/mol. The molecule has 4 aliphatic carbocycles. The van der Waals surface area contributed by atoms with Gasteiger partial charge >= 0.3 is 0 Å². The van der Waals surface area contributed by atoms with E-state index in [0.29, 0.717) is 60.1 Å². The largest absolute Gasteiger partial charge is 0.494 e. The van der Waals surface area contributed by atoms with Gasteiger partial charge in [-0.3, -0.25) is 14.5 Å². The number of fused-ring (bicyclic) bond motifs is 6. The number of benzene rings is 2. The number of hydrogen-bond acceptors (Lipinski definition) is 5. The zero-order valence-electron chi connectivity index (χ0n) is 25.1. The summed E-state index contributed by atoms with van der Waals surface area (Å²) in [5.74, 6) is 2.76. The first-order chi connectivity index (χ1) is 20.1. The lowest BCUT2D eigenvalue weighted by Gasteiger charge is -2.62. The smallest absolute Gasteiger partial charge is 0.261 e. The summed E-state index contributed by atoms with van der Waals surface area (Å²) in [5, 5.41) is 23.1. The van der Waals surface area contributed by atoms with Gasteiger partial charge in [0.1, 0.15) is 5.75 Å². The van der Waals surface area contributed by atoms with E-state index in [9.17, 15) is 19.8 Å². The van der Waals surface area contributed by atoms with Gasteiger partial charge in [-0.2, -0.15) is 0 Å². The van der Waals surface area contributed by atoms with E-state index in [0.717, 1.165) is 50.5 Å². The molecule has 8 atom stereocenters. The molecule has 7 rings (SSSR count). The van der Waals surface area contributed by atoms with E-state index in [1.165, 1.54) is 17.7 Å². The number of nitrogens with zero attached hydrogens (tertiary/aromatic N) is 1. The third-order valence-corrected chi connectivity index (χ3v) is 12.6. The van der Waals surface area contributed by atoms with Crippen molar-refractivity contribution in [1.82, 2.24) is 4.90 Å². The summed E-state index contributed by atoms with van der Waals surface area (Å²) in [4.78, 5) is 26.6. The standard InChI is InChI=1S/C36H45NO5/c1-34-17-16-30-28(29(34)13-14-31(34)38)12-11-23-15-18-36(41,22-35(23,30)2)24-7-5-8-25(21-24)42-20-6-19-37-32(39)26-9-3-4-10-27(26)33(37)40/h3-5,7-10,21,23,28-31,38,41H,6,11-20,22H2,1-2H3/t23?,28-,29-,30+,31?,34-,35-,36?/m0/s1. The normalized spacial score (nSPS) is 39.0. The minimum absolute atomic E-state index is 0.0698. The number of aliphatic hydroxyl groups excluding tert-OH is 1. The van der Waals surface area contributed by atoms with Crippen LogP contribution in [-0.4, -0.2) is 46.2 Å². The molecule has 1 aliphatic heterocycles. The van der Waals surface area contributed by atoms with E-state index in [2.05, 4.69) is 13.8 Å². The number of amides is 2. The fourth-order valence-electron chi connectivity index (χ4n) is 10.4. The highest BCUT2D eigenvalue weighted by molar-refractivity contribution is 6.21. The van der Waals surface area contributed by atoms with E-state index >= 15 is 0 Å². The van der Waals surface area contributed by atoms with Gasteiger partial charge in [-0.05, 0) is 129 Å². The van der Waals surface area contributed by atoms with Crippen molar-refractivity contribution in [1.29, 1.82) is 0 Å². The Hall–Kier alpha value is -2.70. The molecular weight excluding hydrogens is 526 g/mol. The molecule has 2 aromatic rings. The minimum atomic E-state index is -0.886. The summed E-state index contributed by atoms with van der Waals surface area (Å²) in [7, 11) is 0. The van der Waals surface area contributed by atoms with Gasteiger partial charge in [0.25, 0.3) is 11.8 Å². The van der Waals surface area contributed by atoms with Gasteiger partial charge < -0.3 is 14.9 Å². The van der Waals surface area contributed by atoms with Gasteiger partial charge in [0.2, 0.25) is 0 Å². The van der Waals surface area contributed by atoms with Crippen LogP contribution in [0.15, 0.2) is 48.5 Å². The fourth-order valence-corrected chi connectivity index (χ4v) is 10.4. The van der Waals surface area contributed by atoms with Crippen molar-refractivity contribution >= 4 is 11.8 Å². The summed E-state index contributed by atoms with van der Waals surface area (Å²) in [5.41, 5.74) is 1.15. The summed E-state index contributed by atoms with van der Waals surface area (Å²) in [6.45, 7) is 5.49. The van der Waals surface area contributed by atoms with E-state index in [1.807, 2.05) is 24.3 Å². The van der Waals surface area contributed by atoms with Gasteiger partial charge in [-0.15, -0.1) is 0 Å². The molecule has 0 spiro atoms. The van der Waals surface area contributed by atoms with E-state index < -0.39 is 5.60 Å². The van der Waals surface area contributed by atoms with E-state index in [1.54, 1.807) is 24.3 Å². The Labute approximate surface area is 249 Å². The van der Waals surface area contributed by atoms with Crippen LogP contribution in [0, 0.1) is 34.5 Å². The van der Waals surface area contributed by atoms with Gasteiger partial charge in [0.05, 0.1) is 29.4 Å². The average molecular weight is 572 g/mol. The highest BCUT2D eigenvalue weighted by Gasteiger charge is 2.61. The second-order valence-electron chi connectivity index (χ2n) is 14.6. The van der Waals surface area contributed by atoms with Crippen LogP contribution >= 0.6 is 0 Å². The Morgan fingerprint density at radius 1 is 0.857 bits per heavy atom. The maximum Gasteiger partial charge on any atom is 0.261 e. The third-order valence-electron chi connectivity index (χ3n) is 12.6. The molecular formula is C36H45NO5. The Bertz CT molecular complexity index is 1360. The molecule has 224 valence electrons. The van der Waals surface area contributed by atoms with Crippen LogP contribution < -0.4 is 4.74 Å². The van der Waals surface area contributed by atoms with Crippen molar-refractivity contribution < 1.29 is 24.5 Å². The second kappa shape index (κ2) is 10.2. The van der Waals surface area contributed by atoms with Crippen molar-refractivity contribution in [2.45, 2.75) is 89.8 Å². The van der Waals surface area contributed by atoms with Crippen LogP contribution in [-0.2, 0) is 5.60 Å². The molecule has 42 heavy (non-hydrogen) atoms. The molecule has 1 heterocycles. The average Bonchev–Trinajstić information content (AvgIpc) is 3.42. The van der Waals surface area contributed by atoms with Crippen LogP contribution in [0.25, 0.3) is 0 Å². The quantitative estimate of drug-likeness (QED) is 0.312. The first-order valence-electron chi connectivity index (χ1n) is 16.2. The lowest BCUT2D eigenvalue weighted by Crippen LogP contribution is -2.56. The Morgan fingerprint density at radius 2 is 1.60 bits per heavy atom. The maximum atomic E-state index is 12.7. The van der Waals surface area contributed by atoms with Crippen molar-refractivity contribution in [2.24, 2.45) is 34.5 Å². The van der Waals surface area contributed by atoms with Gasteiger partial charge in [0, 0.05) is 6.54 Å². The number of carbonyl (C=O) groups is 2. The predicted octanol–water partition coefficient (Wildman–Crippen LogP) is 6.34. The van der Waals surface area contributed by atoms with Gasteiger partial charge in [0.15, 0.2) is 0 Å². The molecule has 2 amide bonds. The fraction of sp³-hybridized carbons (Fsp3) is 0.611. The molecule has 0 saturated heterocycles. The van der Waals surface area contributed by atoms with Crippen molar-refractivity contribution in [2.75, 3.05) is 13.2 Å². The topological polar surface area (TPSA) is 87.1 Å². The molecule has 0 aromatic heterocycles. The predicted molar refractivity (Wildman–Crippen MR) is 160 cm³/mol. The van der Waals surface area contributed by atoms with Gasteiger partial charge in [-0.1, -0.05) is 38.1 Å². The van der Waals surface area contributed by atoms with Crippen LogP contribution in [0.1, 0.15) is 104 Å². The highest BCUT2D eigenvalue weighted by atomic mass is 16.5. The highest BCUT2D eigenvalue weighted by Crippen LogP contribution is 2.67. The van der Waals surface area contributed by atoms with Crippen LogP contribution in [0.4, 0.5) is 0 Å². The van der Waals surface area contributed by atoms with Crippen LogP contribution in [0.2, 0.25) is 0 Å². The number of imide groups is 1. The zero-order valence-corrected chi connectivity index (χ0v) is 25.1. The number of aliphatic hydroxyl groups is 2. The number of ether oxygens (including phenoxy) is 1. The van der Waals surface area contributed by atoms with Crippen LogP contribution in [0.5, 0.6) is 5.75 Å². The number of rotatable bonds is 6. The van der Waals surface area contributed by atoms with E-state index in [-0.39, 0.29) is 28.7 Å². The molecule has 3 unspecified atom stereocenters. The second-order valence-corrected chi connectivity index (χ2v) is 14.6. The summed E-state index contributed by atoms with van der Waals surface area (Å²) < 4.78 is 6.09. The molecule has 6 nitrogen and oxygen atoms in total. The third kappa shape index (κ3) is 4.27. The van der Waals surface area contributed by atoms with Crippen molar-refractivity contribution in [3.05, 3.63) is 65.2 Å². The maximum absolute atomic E-state index is 12.7. The molecule has 2 N–H and O–H groups in total. The molecule has 6 heteroatoms. The lowest BCUT2D eigenvalue weighted by atomic mass is 9.43. The SMILES string of the molecule is C[C@]12CC(O)(c3cccc(OCCCN4C(=O)c5ccccc5C4=O)c3)CCC1CC[C@@H]1[C@H]2CC[C@]2(C)C(O)CC[C@@H]12. The Balaban J connectivity index is 1.01. The van der Waals surface area contributed by atoms with Gasteiger partial charge in [-0.25, -0.2) is 0 Å². The molecule has 0 radical (unpaired) electrons. The van der Waals surface area contributed by atoms with Crippen molar-refractivity contribution in [3.63, 3.8) is 0 Å². The summed E-state index contributed by atoms with van der Waals surface area (Å²) >= 11 is 0. The zero-order chi connectivity index (χ0) is 29.3.